The number of benzene rings is 5. The van der Waals surface area contributed by atoms with Crippen LogP contribution in [-0.2, 0) is 6.18 Å². The van der Waals surface area contributed by atoms with E-state index in [4.69, 9.17) is 5.73 Å². The highest BCUT2D eigenvalue weighted by molar-refractivity contribution is 6.16. The monoisotopic (exact) mass is 472 g/mol. The summed E-state index contributed by atoms with van der Waals surface area (Å²) >= 11 is 0. The van der Waals surface area contributed by atoms with Gasteiger partial charge in [-0.05, 0) is 92.8 Å². The van der Waals surface area contributed by atoms with Gasteiger partial charge in [0.05, 0.1) is 5.56 Å². The number of alkyl halides is 3. The minimum absolute atomic E-state index is 0.163. The first kappa shape index (κ1) is 22.9. The van der Waals surface area contributed by atoms with Gasteiger partial charge in [0, 0.05) is 18.2 Å². The van der Waals surface area contributed by atoms with E-state index in [0.717, 1.165) is 50.0 Å². The Morgan fingerprint density at radius 3 is 2.11 bits per heavy atom. The highest BCUT2D eigenvalue weighted by Crippen LogP contribution is 2.39. The molecular formula is C29H23F3N2O. The fourth-order valence-electron chi connectivity index (χ4n) is 4.46. The molecule has 0 aliphatic rings. The summed E-state index contributed by atoms with van der Waals surface area (Å²) in [5.74, 6) is -0.223. The van der Waals surface area contributed by atoms with Crippen molar-refractivity contribution in [3.8, 4) is 11.1 Å². The first-order valence-electron chi connectivity index (χ1n) is 11.3. The average Bonchev–Trinajstić information content (AvgIpc) is 2.85. The van der Waals surface area contributed by atoms with E-state index < -0.39 is 11.7 Å². The number of amides is 1. The standard InChI is InChI=1S/C29H23F3N2O/c1-17(16-33)34-28(35)21-8-11-25-22(13-21)14-23-12-19-4-2-3-5-20(19)15-26(23)27(25)18-6-9-24(10-7-18)29(30,31)32/h2-15,17H,16,33H2,1H3,(H,34,35)/t17-/m1/s1. The quantitative estimate of drug-likeness (QED) is 0.279. The molecule has 0 saturated heterocycles. The van der Waals surface area contributed by atoms with Crippen LogP contribution in [0.1, 0.15) is 22.8 Å². The van der Waals surface area contributed by atoms with E-state index in [2.05, 4.69) is 17.4 Å². The number of nitrogens with two attached hydrogens (primary N) is 1. The highest BCUT2D eigenvalue weighted by Gasteiger charge is 2.30. The molecular weight excluding hydrogens is 449 g/mol. The van der Waals surface area contributed by atoms with Crippen LogP contribution in [-0.4, -0.2) is 18.5 Å². The molecule has 0 heterocycles. The van der Waals surface area contributed by atoms with Crippen molar-refractivity contribution in [3.05, 3.63) is 96.1 Å². The summed E-state index contributed by atoms with van der Waals surface area (Å²) in [4.78, 5) is 12.7. The second kappa shape index (κ2) is 8.71. The maximum absolute atomic E-state index is 13.2. The van der Waals surface area contributed by atoms with Crippen LogP contribution in [0.4, 0.5) is 13.2 Å². The third kappa shape index (κ3) is 4.33. The Labute approximate surface area is 200 Å². The molecule has 3 nitrogen and oxygen atoms in total. The van der Waals surface area contributed by atoms with Gasteiger partial charge in [-0.15, -0.1) is 0 Å². The van der Waals surface area contributed by atoms with Crippen LogP contribution < -0.4 is 11.1 Å². The van der Waals surface area contributed by atoms with Crippen LogP contribution in [0.5, 0.6) is 0 Å². The molecule has 1 amide bonds. The molecule has 1 atom stereocenters. The number of fused-ring (bicyclic) bond motifs is 3. The van der Waals surface area contributed by atoms with E-state index in [1.165, 1.54) is 12.1 Å². The molecule has 0 bridgehead atoms. The second-order valence-corrected chi connectivity index (χ2v) is 8.79. The Hall–Kier alpha value is -3.90. The number of halogens is 3. The summed E-state index contributed by atoms with van der Waals surface area (Å²) in [5.41, 5.74) is 6.95. The zero-order valence-electron chi connectivity index (χ0n) is 19.0. The summed E-state index contributed by atoms with van der Waals surface area (Å²) in [5, 5.41) is 8.53. The lowest BCUT2D eigenvalue weighted by molar-refractivity contribution is -0.137. The van der Waals surface area contributed by atoms with Gasteiger partial charge in [-0.3, -0.25) is 4.79 Å². The van der Waals surface area contributed by atoms with Gasteiger partial charge in [0.1, 0.15) is 0 Å². The molecule has 5 rings (SSSR count). The fraction of sp³-hybridized carbons (Fsp3) is 0.138. The topological polar surface area (TPSA) is 55.1 Å². The molecule has 6 heteroatoms. The molecule has 0 saturated carbocycles. The van der Waals surface area contributed by atoms with Gasteiger partial charge in [0.15, 0.2) is 0 Å². The third-order valence-electron chi connectivity index (χ3n) is 6.31. The minimum atomic E-state index is -4.40. The second-order valence-electron chi connectivity index (χ2n) is 8.79. The van der Waals surface area contributed by atoms with Crippen molar-refractivity contribution in [3.63, 3.8) is 0 Å². The molecule has 0 spiro atoms. The van der Waals surface area contributed by atoms with E-state index >= 15 is 0 Å². The molecule has 3 N–H and O–H groups in total. The van der Waals surface area contributed by atoms with Crippen molar-refractivity contribution in [2.24, 2.45) is 5.73 Å². The maximum Gasteiger partial charge on any atom is 0.416 e. The average molecular weight is 473 g/mol. The number of carbonyl (C=O) groups is 1. The molecule has 5 aromatic carbocycles. The van der Waals surface area contributed by atoms with Crippen molar-refractivity contribution in [1.82, 2.24) is 5.32 Å². The lowest BCUT2D eigenvalue weighted by Crippen LogP contribution is -2.37. The van der Waals surface area contributed by atoms with Crippen molar-refractivity contribution in [1.29, 1.82) is 0 Å². The molecule has 0 radical (unpaired) electrons. The van der Waals surface area contributed by atoms with E-state index in [0.29, 0.717) is 17.7 Å². The highest BCUT2D eigenvalue weighted by atomic mass is 19.4. The number of hydrogen-bond acceptors (Lipinski definition) is 2. The van der Waals surface area contributed by atoms with Gasteiger partial charge in [-0.25, -0.2) is 0 Å². The van der Waals surface area contributed by atoms with E-state index in [1.54, 1.807) is 6.07 Å². The fourth-order valence-corrected chi connectivity index (χ4v) is 4.46. The lowest BCUT2D eigenvalue weighted by Gasteiger charge is -2.16. The molecule has 5 aromatic rings. The van der Waals surface area contributed by atoms with Gasteiger partial charge in [0.2, 0.25) is 0 Å². The molecule has 0 aliphatic carbocycles. The van der Waals surface area contributed by atoms with Crippen LogP contribution in [0.25, 0.3) is 43.4 Å². The Kier molecular flexibility index (Phi) is 5.69. The van der Waals surface area contributed by atoms with Crippen LogP contribution >= 0.6 is 0 Å². The van der Waals surface area contributed by atoms with E-state index in [9.17, 15) is 18.0 Å². The SMILES string of the molecule is C[C@H](CN)NC(=O)c1ccc2c(-c3ccc(C(F)(F)F)cc3)c3cc4ccccc4cc3cc2c1. The molecule has 0 aromatic heterocycles. The van der Waals surface area contributed by atoms with E-state index in [1.807, 2.05) is 49.4 Å². The summed E-state index contributed by atoms with van der Waals surface area (Å²) in [6.45, 7) is 2.16. The Balaban J connectivity index is 1.77. The van der Waals surface area contributed by atoms with Crippen LogP contribution in [0.3, 0.4) is 0 Å². The zero-order valence-corrected chi connectivity index (χ0v) is 19.0. The summed E-state index contributed by atoms with van der Waals surface area (Å²) in [6.07, 6.45) is -4.40. The molecule has 35 heavy (non-hydrogen) atoms. The van der Waals surface area contributed by atoms with Crippen LogP contribution in [0.2, 0.25) is 0 Å². The number of nitrogens with one attached hydrogen (secondary N) is 1. The third-order valence-corrected chi connectivity index (χ3v) is 6.31. The predicted octanol–water partition coefficient (Wildman–Crippen LogP) is 6.91. The Bertz CT molecular complexity index is 1570. The summed E-state index contributed by atoms with van der Waals surface area (Å²) in [6, 6.07) is 24.6. The Morgan fingerprint density at radius 1 is 0.829 bits per heavy atom. The molecule has 0 aliphatic heterocycles. The van der Waals surface area contributed by atoms with E-state index in [-0.39, 0.29) is 11.9 Å². The first-order chi connectivity index (χ1) is 16.7. The summed E-state index contributed by atoms with van der Waals surface area (Å²) < 4.78 is 39.6. The molecule has 0 fully saturated rings. The largest absolute Gasteiger partial charge is 0.416 e. The van der Waals surface area contributed by atoms with Crippen molar-refractivity contribution in [2.75, 3.05) is 6.54 Å². The maximum atomic E-state index is 13.2. The summed E-state index contributed by atoms with van der Waals surface area (Å²) in [7, 11) is 0. The minimum Gasteiger partial charge on any atom is -0.348 e. The van der Waals surface area contributed by atoms with Gasteiger partial charge in [0.25, 0.3) is 5.91 Å². The number of hydrogen-bond donors (Lipinski definition) is 2. The van der Waals surface area contributed by atoms with Crippen molar-refractivity contribution >= 4 is 38.2 Å². The lowest BCUT2D eigenvalue weighted by atomic mass is 9.89. The normalized spacial score (nSPS) is 12.8. The van der Waals surface area contributed by atoms with Crippen LogP contribution in [0, 0.1) is 0 Å². The first-order valence-corrected chi connectivity index (χ1v) is 11.3. The predicted molar refractivity (Wildman–Crippen MR) is 135 cm³/mol. The van der Waals surface area contributed by atoms with Crippen molar-refractivity contribution in [2.45, 2.75) is 19.1 Å². The van der Waals surface area contributed by atoms with Gasteiger partial charge < -0.3 is 11.1 Å². The Morgan fingerprint density at radius 2 is 1.46 bits per heavy atom. The smallest absolute Gasteiger partial charge is 0.348 e. The van der Waals surface area contributed by atoms with Gasteiger partial charge >= 0.3 is 6.18 Å². The van der Waals surface area contributed by atoms with Gasteiger partial charge in [-0.1, -0.05) is 42.5 Å². The van der Waals surface area contributed by atoms with Crippen molar-refractivity contribution < 1.29 is 18.0 Å². The van der Waals surface area contributed by atoms with Gasteiger partial charge in [-0.2, -0.15) is 13.2 Å². The molecule has 176 valence electrons. The molecule has 0 unspecified atom stereocenters. The number of carbonyl (C=O) groups excluding carboxylic acids is 1. The zero-order chi connectivity index (χ0) is 24.7. The van der Waals surface area contributed by atoms with Crippen LogP contribution in [0.15, 0.2) is 84.9 Å². The number of rotatable bonds is 4.